The van der Waals surface area contributed by atoms with Crippen LogP contribution in [0.4, 0.5) is 5.82 Å². The van der Waals surface area contributed by atoms with Gasteiger partial charge in [-0.25, -0.2) is 15.3 Å². The number of phenolic OH excluding ortho intramolecular Hbond substituents is 2. The van der Waals surface area contributed by atoms with Crippen LogP contribution in [0.25, 0.3) is 0 Å². The number of amides is 1. The van der Waals surface area contributed by atoms with Crippen LogP contribution >= 0.6 is 0 Å². The number of hydrogen-bond acceptors (Lipinski definition) is 8. The molecule has 1 aromatic carbocycles. The van der Waals surface area contributed by atoms with Gasteiger partial charge in [0.2, 0.25) is 5.82 Å². The molecule has 0 unspecified atom stereocenters. The highest BCUT2D eigenvalue weighted by Gasteiger charge is 2.14. The van der Waals surface area contributed by atoms with E-state index in [1.165, 1.54) is 25.3 Å². The number of hydrogen-bond donors (Lipinski definition) is 6. The van der Waals surface area contributed by atoms with Crippen LogP contribution in [0.2, 0.25) is 0 Å². The van der Waals surface area contributed by atoms with Gasteiger partial charge in [-0.3, -0.25) is 14.6 Å². The number of aromatic amines is 2. The van der Waals surface area contributed by atoms with E-state index in [4.69, 9.17) is 5.11 Å². The summed E-state index contributed by atoms with van der Waals surface area (Å²) in [5, 5.41) is 30.4. The first-order valence-corrected chi connectivity index (χ1v) is 6.67. The zero-order chi connectivity index (χ0) is 17.7. The predicted octanol–water partition coefficient (Wildman–Crippen LogP) is -1.18. The third kappa shape index (κ3) is 4.19. The molecule has 11 heteroatoms. The third-order valence-electron chi connectivity index (χ3n) is 2.85. The van der Waals surface area contributed by atoms with E-state index in [1.54, 1.807) is 0 Å². The average molecular weight is 334 g/mol. The van der Waals surface area contributed by atoms with Crippen molar-refractivity contribution in [1.29, 1.82) is 0 Å². The van der Waals surface area contributed by atoms with Gasteiger partial charge in [-0.2, -0.15) is 5.10 Å². The highest BCUT2D eigenvalue weighted by atomic mass is 16.3. The number of phenols is 2. The number of carbonyl (C=O) groups is 1. The molecule has 0 aliphatic rings. The Morgan fingerprint density at radius 1 is 1.38 bits per heavy atom. The van der Waals surface area contributed by atoms with Crippen LogP contribution in [0.1, 0.15) is 12.5 Å². The molecular weight excluding hydrogens is 320 g/mol. The van der Waals surface area contributed by atoms with Gasteiger partial charge < -0.3 is 15.5 Å². The molecular formula is C13H14N6O5. The van der Waals surface area contributed by atoms with Gasteiger partial charge in [0.15, 0.2) is 0 Å². The highest BCUT2D eigenvalue weighted by Crippen LogP contribution is 2.20. The fourth-order valence-corrected chi connectivity index (χ4v) is 1.62. The van der Waals surface area contributed by atoms with Crippen molar-refractivity contribution in [1.82, 2.24) is 20.6 Å². The molecule has 1 atom stereocenters. The van der Waals surface area contributed by atoms with Crippen molar-refractivity contribution in [3.8, 4) is 11.5 Å². The number of aromatic hydroxyl groups is 2. The Morgan fingerprint density at radius 3 is 2.79 bits per heavy atom. The smallest absolute Gasteiger partial charge is 0.342 e. The van der Waals surface area contributed by atoms with E-state index >= 15 is 0 Å². The average Bonchev–Trinajstić information content (AvgIpc) is 2.52. The van der Waals surface area contributed by atoms with Gasteiger partial charge in [-0.1, -0.05) is 0 Å². The van der Waals surface area contributed by atoms with E-state index < -0.39 is 23.2 Å². The summed E-state index contributed by atoms with van der Waals surface area (Å²) in [7, 11) is 0. The largest absolute Gasteiger partial charge is 0.508 e. The van der Waals surface area contributed by atoms with Crippen LogP contribution in [0.3, 0.4) is 0 Å². The third-order valence-corrected chi connectivity index (χ3v) is 2.85. The number of carbonyl (C=O) groups excluding carboxylic acids is 1. The van der Waals surface area contributed by atoms with E-state index in [1.807, 2.05) is 10.1 Å². The van der Waals surface area contributed by atoms with Crippen molar-refractivity contribution in [2.24, 2.45) is 5.10 Å². The second-order valence-electron chi connectivity index (χ2n) is 4.70. The fraction of sp³-hybridized carbons (Fsp3) is 0.154. The van der Waals surface area contributed by atoms with Crippen molar-refractivity contribution in [2.45, 2.75) is 13.0 Å². The maximum atomic E-state index is 11.9. The molecule has 0 bridgehead atoms. The normalized spacial score (nSPS) is 12.0. The molecule has 24 heavy (non-hydrogen) atoms. The molecule has 6 N–H and O–H groups in total. The minimum absolute atomic E-state index is 0.106. The van der Waals surface area contributed by atoms with Crippen LogP contribution in [-0.2, 0) is 4.79 Å². The van der Waals surface area contributed by atoms with Crippen LogP contribution in [0, 0.1) is 0 Å². The standard InChI is InChI=1S/C13H14N6O5/c1-6(15-10-12(23)16-13(24)19-17-10)11(22)18-14-5-7-2-3-8(20)4-9(7)21/h2-6,20-21H,1H3,(H,15,17)(H,18,22)(H2,16,19,23,24)/b14-5+/t6-/m0/s1. The minimum Gasteiger partial charge on any atom is -0.508 e. The Morgan fingerprint density at radius 2 is 2.12 bits per heavy atom. The number of nitrogens with one attached hydrogen (secondary N) is 4. The van der Waals surface area contributed by atoms with E-state index in [9.17, 15) is 19.5 Å². The molecule has 0 fully saturated rings. The Kier molecular flexibility index (Phi) is 4.94. The van der Waals surface area contributed by atoms with Gasteiger partial charge in [-0.15, -0.1) is 5.10 Å². The molecule has 0 aliphatic heterocycles. The number of nitrogens with zero attached hydrogens (tertiary/aromatic N) is 2. The van der Waals surface area contributed by atoms with E-state index in [-0.39, 0.29) is 22.9 Å². The molecule has 1 amide bonds. The maximum Gasteiger partial charge on any atom is 0.342 e. The minimum atomic E-state index is -0.880. The molecule has 2 aromatic rings. The molecule has 0 spiro atoms. The first-order valence-electron chi connectivity index (χ1n) is 6.67. The molecule has 1 aromatic heterocycles. The Bertz CT molecular complexity index is 887. The lowest BCUT2D eigenvalue weighted by atomic mass is 10.2. The molecule has 2 rings (SSSR count). The second kappa shape index (κ2) is 7.09. The Labute approximate surface area is 134 Å². The maximum absolute atomic E-state index is 11.9. The SMILES string of the molecule is C[C@H](Nc1n[nH]c(=O)[nH]c1=O)C(=O)N/N=C/c1ccc(O)cc1O. The van der Waals surface area contributed by atoms with E-state index in [2.05, 4.69) is 20.9 Å². The zero-order valence-electron chi connectivity index (χ0n) is 12.4. The first-order chi connectivity index (χ1) is 11.4. The Hall–Kier alpha value is -3.63. The quantitative estimate of drug-likeness (QED) is 0.295. The number of H-pyrrole nitrogens is 2. The fourth-order valence-electron chi connectivity index (χ4n) is 1.62. The van der Waals surface area contributed by atoms with Gasteiger partial charge in [-0.05, 0) is 19.1 Å². The second-order valence-corrected chi connectivity index (χ2v) is 4.70. The van der Waals surface area contributed by atoms with Gasteiger partial charge in [0, 0.05) is 11.6 Å². The number of hydrazone groups is 1. The summed E-state index contributed by atoms with van der Waals surface area (Å²) < 4.78 is 0. The molecule has 1 heterocycles. The van der Waals surface area contributed by atoms with E-state index in [0.717, 1.165) is 6.07 Å². The van der Waals surface area contributed by atoms with Crippen LogP contribution in [-0.4, -0.2) is 43.6 Å². The monoisotopic (exact) mass is 334 g/mol. The van der Waals surface area contributed by atoms with Gasteiger partial charge in [0.05, 0.1) is 6.21 Å². The first kappa shape index (κ1) is 16.7. The lowest BCUT2D eigenvalue weighted by Crippen LogP contribution is -2.38. The zero-order valence-corrected chi connectivity index (χ0v) is 12.4. The van der Waals surface area contributed by atoms with Gasteiger partial charge in [0.25, 0.3) is 11.5 Å². The number of rotatable bonds is 5. The van der Waals surface area contributed by atoms with Crippen LogP contribution in [0.5, 0.6) is 11.5 Å². The summed E-state index contributed by atoms with van der Waals surface area (Å²) in [5.41, 5.74) is 0.960. The van der Waals surface area contributed by atoms with Crippen LogP contribution in [0.15, 0.2) is 32.9 Å². The summed E-state index contributed by atoms with van der Waals surface area (Å²) in [5.74, 6) is -1.12. The lowest BCUT2D eigenvalue weighted by Gasteiger charge is -2.11. The summed E-state index contributed by atoms with van der Waals surface area (Å²) >= 11 is 0. The van der Waals surface area contributed by atoms with Crippen LogP contribution < -0.4 is 22.0 Å². The highest BCUT2D eigenvalue weighted by molar-refractivity contribution is 5.87. The van der Waals surface area contributed by atoms with Crippen molar-refractivity contribution < 1.29 is 15.0 Å². The van der Waals surface area contributed by atoms with Crippen molar-refractivity contribution in [3.63, 3.8) is 0 Å². The predicted molar refractivity (Wildman–Crippen MR) is 84.1 cm³/mol. The molecule has 0 saturated heterocycles. The summed E-state index contributed by atoms with van der Waals surface area (Å²) in [6, 6.07) is 3.00. The molecule has 0 radical (unpaired) electrons. The summed E-state index contributed by atoms with van der Waals surface area (Å²) in [6.07, 6.45) is 1.18. The topological polar surface area (TPSA) is 173 Å². The molecule has 0 saturated carbocycles. The molecule has 0 aliphatic carbocycles. The number of anilines is 1. The van der Waals surface area contributed by atoms with Gasteiger partial charge >= 0.3 is 5.69 Å². The van der Waals surface area contributed by atoms with Crippen molar-refractivity contribution in [2.75, 3.05) is 5.32 Å². The van der Waals surface area contributed by atoms with Gasteiger partial charge in [0.1, 0.15) is 17.5 Å². The van der Waals surface area contributed by atoms with Crippen molar-refractivity contribution >= 4 is 17.9 Å². The molecule has 11 nitrogen and oxygen atoms in total. The van der Waals surface area contributed by atoms with E-state index in [0.29, 0.717) is 0 Å². The summed E-state index contributed by atoms with van der Waals surface area (Å²) in [4.78, 5) is 36.1. The lowest BCUT2D eigenvalue weighted by molar-refractivity contribution is -0.121. The Balaban J connectivity index is 1.97. The number of benzene rings is 1. The molecule has 126 valence electrons. The number of aromatic nitrogens is 3. The summed E-state index contributed by atoms with van der Waals surface area (Å²) in [6.45, 7) is 1.45. The van der Waals surface area contributed by atoms with Crippen molar-refractivity contribution in [3.05, 3.63) is 44.6 Å².